The minimum absolute atomic E-state index is 0. The summed E-state index contributed by atoms with van der Waals surface area (Å²) in [6.45, 7) is 0. The first-order valence-corrected chi connectivity index (χ1v) is 10.9. The number of nitro groups is 9. The van der Waals surface area contributed by atoms with Crippen molar-refractivity contribution in [3.63, 3.8) is 0 Å². The zero-order chi connectivity index (χ0) is 37.4. The van der Waals surface area contributed by atoms with Crippen LogP contribution in [0.3, 0.4) is 0 Å². The smallest absolute Gasteiger partial charge is 0.324 e. The molecule has 0 fully saturated rings. The van der Waals surface area contributed by atoms with E-state index >= 15 is 0 Å². The van der Waals surface area contributed by atoms with Crippen LogP contribution in [0.25, 0.3) is 0 Å². The summed E-state index contributed by atoms with van der Waals surface area (Å²) in [4.78, 5) is 83.3. The second-order valence-electron chi connectivity index (χ2n) is 7.81. The van der Waals surface area contributed by atoms with Crippen molar-refractivity contribution in [2.75, 3.05) is 0 Å². The molecule has 0 unspecified atom stereocenters. The summed E-state index contributed by atoms with van der Waals surface area (Å²) in [5.74, 6) is -3.62. The van der Waals surface area contributed by atoms with Crippen LogP contribution in [0.1, 0.15) is 0 Å². The van der Waals surface area contributed by atoms with E-state index in [0.717, 1.165) is 0 Å². The summed E-state index contributed by atoms with van der Waals surface area (Å²) in [5.41, 5.74) is -9.01. The van der Waals surface area contributed by atoms with Crippen LogP contribution in [0.2, 0.25) is 0 Å². The van der Waals surface area contributed by atoms with Gasteiger partial charge in [0.25, 0.3) is 34.3 Å². The molecular weight excluding hydrogens is 829 g/mol. The van der Waals surface area contributed by atoms with Crippen molar-refractivity contribution in [2.45, 2.75) is 0 Å². The topological polar surface area (TPSA) is 449 Å². The summed E-state index contributed by atoms with van der Waals surface area (Å²) in [5, 5.41) is 121. The fourth-order valence-corrected chi connectivity index (χ4v) is 2.92. The third-order valence-corrected chi connectivity index (χ3v) is 4.98. The van der Waals surface area contributed by atoms with Crippen LogP contribution < -0.4 is 0 Å². The van der Waals surface area contributed by atoms with Gasteiger partial charge in [-0.2, -0.15) is 0 Å². The Morgan fingerprint density at radius 3 is 0.510 bits per heavy atom. The average molecular weight is 838 g/mol. The number of rotatable bonds is 9. The van der Waals surface area contributed by atoms with Gasteiger partial charge in [-0.3, -0.25) is 91.0 Å². The van der Waals surface area contributed by atoms with Crippen LogP contribution in [0.4, 0.5) is 51.2 Å². The van der Waals surface area contributed by atoms with Gasteiger partial charge in [0.1, 0.15) is 0 Å². The third kappa shape index (κ3) is 10.5. The molecular formula is C18H9N9O21Sm. The molecule has 49 heavy (non-hydrogen) atoms. The van der Waals surface area contributed by atoms with Crippen LogP contribution in [-0.2, 0) is 0 Å². The van der Waals surface area contributed by atoms with Crippen molar-refractivity contribution in [1.82, 2.24) is 0 Å². The summed E-state index contributed by atoms with van der Waals surface area (Å²) >= 11 is 0. The van der Waals surface area contributed by atoms with Gasteiger partial charge in [-0.05, 0) is 0 Å². The molecule has 0 spiro atoms. The maximum absolute atomic E-state index is 10.4. The summed E-state index contributed by atoms with van der Waals surface area (Å²) in [6, 6.07) is 2.68. The molecule has 0 aliphatic heterocycles. The first kappa shape index (κ1) is 42.0. The van der Waals surface area contributed by atoms with Gasteiger partial charge in [0.2, 0.25) is 0 Å². The maximum atomic E-state index is 10.4. The number of non-ortho nitro benzene ring substituents is 3. The van der Waals surface area contributed by atoms with Gasteiger partial charge in [-0.1, -0.05) is 0 Å². The predicted molar refractivity (Wildman–Crippen MR) is 144 cm³/mol. The summed E-state index contributed by atoms with van der Waals surface area (Å²) in [6.07, 6.45) is 0. The molecule has 0 bridgehead atoms. The van der Waals surface area contributed by atoms with E-state index in [4.69, 9.17) is 15.3 Å². The van der Waals surface area contributed by atoms with E-state index in [-0.39, 0.29) is 40.4 Å². The average Bonchev–Trinajstić information content (AvgIpc) is 2.96. The molecule has 30 nitrogen and oxygen atoms in total. The second-order valence-corrected chi connectivity index (χ2v) is 7.81. The van der Waals surface area contributed by atoms with Crippen molar-refractivity contribution in [1.29, 1.82) is 0 Å². The van der Waals surface area contributed by atoms with Gasteiger partial charge in [0.15, 0.2) is 0 Å². The summed E-state index contributed by atoms with van der Waals surface area (Å²) in [7, 11) is 0. The molecule has 0 atom stereocenters. The Labute approximate surface area is 294 Å². The number of hydrogen-bond acceptors (Lipinski definition) is 21. The number of aromatic hydroxyl groups is 3. The number of benzene rings is 3. The molecule has 0 aromatic heterocycles. The number of hydrogen-bond donors (Lipinski definition) is 3. The Bertz CT molecular complexity index is 1610. The molecule has 0 saturated carbocycles. The summed E-state index contributed by atoms with van der Waals surface area (Å²) < 4.78 is 0. The molecule has 0 radical (unpaired) electrons. The minimum Gasteiger partial charge on any atom is -0.497 e. The Hall–Kier alpha value is -7.00. The normalized spacial score (nSPS) is 9.55. The largest absolute Gasteiger partial charge is 0.497 e. The number of nitro benzene ring substituents is 9. The van der Waals surface area contributed by atoms with E-state index in [1.54, 1.807) is 0 Å². The molecule has 0 aliphatic carbocycles. The molecule has 258 valence electrons. The Kier molecular flexibility index (Phi) is 14.6. The minimum atomic E-state index is -1.21. The van der Waals surface area contributed by atoms with E-state index in [0.29, 0.717) is 36.4 Å². The van der Waals surface area contributed by atoms with Gasteiger partial charge < -0.3 is 15.3 Å². The second kappa shape index (κ2) is 17.1. The van der Waals surface area contributed by atoms with Crippen LogP contribution in [0.15, 0.2) is 36.4 Å². The predicted octanol–water partition coefficient (Wildman–Crippen LogP) is 3.35. The van der Waals surface area contributed by atoms with Crippen molar-refractivity contribution in [3.8, 4) is 17.2 Å². The Balaban J connectivity index is 0.000000698. The zero-order valence-corrected chi connectivity index (χ0v) is 25.2. The quantitative estimate of drug-likeness (QED) is 0.205. The third-order valence-electron chi connectivity index (χ3n) is 4.98. The van der Waals surface area contributed by atoms with Crippen molar-refractivity contribution >= 4 is 51.2 Å². The Morgan fingerprint density at radius 1 is 0.306 bits per heavy atom. The fraction of sp³-hybridized carbons (Fsp3) is 0. The monoisotopic (exact) mass is 839 g/mol. The van der Waals surface area contributed by atoms with Crippen molar-refractivity contribution in [3.05, 3.63) is 127 Å². The number of nitrogens with zero attached hydrogens (tertiary/aromatic N) is 9. The van der Waals surface area contributed by atoms with Crippen LogP contribution in [0, 0.1) is 131 Å². The fourth-order valence-electron chi connectivity index (χ4n) is 2.92. The molecule has 0 amide bonds. The molecule has 3 rings (SSSR count). The zero-order valence-electron chi connectivity index (χ0n) is 22.6. The molecule has 31 heteroatoms. The molecule has 0 saturated heterocycles. The van der Waals surface area contributed by atoms with E-state index in [9.17, 15) is 91.0 Å². The van der Waals surface area contributed by atoms with Crippen LogP contribution in [0.5, 0.6) is 17.2 Å². The van der Waals surface area contributed by atoms with Gasteiger partial charge in [0, 0.05) is 40.4 Å². The van der Waals surface area contributed by atoms with Crippen molar-refractivity contribution in [2.24, 2.45) is 0 Å². The standard InChI is InChI=1S/3C6H3N3O7.Sm/c3*10-6-4(8(13)14)1-3(7(11)12)2-5(6)9(15)16;/h3*1-2,10H;. The van der Waals surface area contributed by atoms with Crippen LogP contribution >= 0.6 is 0 Å². The number of phenolic OH excluding ortho intramolecular Hbond substituents is 3. The molecule has 3 aromatic rings. The molecule has 0 aliphatic rings. The van der Waals surface area contributed by atoms with Gasteiger partial charge >= 0.3 is 34.1 Å². The van der Waals surface area contributed by atoms with Gasteiger partial charge in [0.05, 0.1) is 80.7 Å². The van der Waals surface area contributed by atoms with E-state index < -0.39 is 113 Å². The van der Waals surface area contributed by atoms with Gasteiger partial charge in [-0.25, -0.2) is 0 Å². The van der Waals surface area contributed by atoms with Crippen molar-refractivity contribution < 1.29 is 100 Å². The Morgan fingerprint density at radius 2 is 0.429 bits per heavy atom. The molecule has 0 heterocycles. The first-order chi connectivity index (χ1) is 22.0. The maximum Gasteiger partial charge on any atom is 0.324 e. The number of phenols is 3. The molecule has 3 aromatic carbocycles. The first-order valence-electron chi connectivity index (χ1n) is 10.9. The van der Waals surface area contributed by atoms with E-state index in [2.05, 4.69) is 0 Å². The van der Waals surface area contributed by atoms with E-state index in [1.165, 1.54) is 0 Å². The molecule has 3 N–H and O–H groups in total. The van der Waals surface area contributed by atoms with Crippen LogP contribution in [-0.4, -0.2) is 59.6 Å². The van der Waals surface area contributed by atoms with Gasteiger partial charge in [-0.15, -0.1) is 0 Å². The SMILES string of the molecule is O=[N+]([O-])c1cc([N+](=O)[O-])c(O)c([N+](=O)[O-])c1.O=[N+]([O-])c1cc([N+](=O)[O-])c(O)c([N+](=O)[O-])c1.O=[N+]([O-])c1cc([N+](=O)[O-])c(O)c([N+](=O)[O-])c1.[Sm]. The van der Waals surface area contributed by atoms with E-state index in [1.807, 2.05) is 0 Å².